The van der Waals surface area contributed by atoms with Crippen molar-refractivity contribution >= 4 is 21.4 Å². The Kier molecular flexibility index (Phi) is 6.12. The quantitative estimate of drug-likeness (QED) is 0.418. The van der Waals surface area contributed by atoms with Crippen molar-refractivity contribution in [2.75, 3.05) is 11.8 Å². The van der Waals surface area contributed by atoms with Crippen LogP contribution in [0.5, 0.6) is 5.88 Å². The summed E-state index contributed by atoms with van der Waals surface area (Å²) < 4.78 is 61.8. The third-order valence-electron chi connectivity index (χ3n) is 4.58. The summed E-state index contributed by atoms with van der Waals surface area (Å²) in [4.78, 5) is 3.41. The lowest BCUT2D eigenvalue weighted by Gasteiger charge is -2.13. The molecule has 0 fully saturated rings. The smallest absolute Gasteiger partial charge is 0.264 e. The molecule has 3 aromatic heterocycles. The Morgan fingerprint density at radius 3 is 2.54 bits per heavy atom. The second kappa shape index (κ2) is 8.92. The van der Waals surface area contributed by atoms with Crippen LogP contribution in [0, 0.1) is 28.9 Å². The molecule has 0 aliphatic heterocycles. The van der Waals surface area contributed by atoms with E-state index in [2.05, 4.69) is 36.8 Å². The van der Waals surface area contributed by atoms with Gasteiger partial charge in [-0.05, 0) is 57.0 Å². The number of methoxy groups -OCH3 is 1. The highest BCUT2D eigenvalue weighted by Crippen LogP contribution is 2.30. The molecule has 0 radical (unpaired) electrons. The maximum Gasteiger partial charge on any atom is 0.264 e. The first kappa shape index (κ1) is 24.0. The summed E-state index contributed by atoms with van der Waals surface area (Å²) in [5.41, 5.74) is 1.00. The molecule has 0 saturated heterocycles. The van der Waals surface area contributed by atoms with E-state index in [9.17, 15) is 17.2 Å². The molecule has 0 aliphatic carbocycles. The van der Waals surface area contributed by atoms with Gasteiger partial charge in [0.15, 0.2) is 5.65 Å². The Balaban J connectivity index is 1.75. The standard InChI is InChI=1S/C23H20F2N6O3S/c1-23(2,3)10-9-21-28-27-20-8-6-17(29-31(20)21)14-11-18(22(34-4)26-13-14)30-35(32,33)19-7-5-15(24)12-16(19)25/h5-8,11-13,30H,1-4H3. The fourth-order valence-electron chi connectivity index (χ4n) is 2.99. The number of rotatable bonds is 5. The van der Waals surface area contributed by atoms with Crippen molar-refractivity contribution in [3.05, 3.63) is 60.1 Å². The summed E-state index contributed by atoms with van der Waals surface area (Å²) in [6.45, 7) is 5.89. The minimum Gasteiger partial charge on any atom is -0.480 e. The van der Waals surface area contributed by atoms with Crippen molar-refractivity contribution in [2.45, 2.75) is 25.7 Å². The number of benzene rings is 1. The summed E-state index contributed by atoms with van der Waals surface area (Å²) in [7, 11) is -3.12. The number of halogens is 2. The van der Waals surface area contributed by atoms with E-state index in [4.69, 9.17) is 4.74 Å². The summed E-state index contributed by atoms with van der Waals surface area (Å²) >= 11 is 0. The van der Waals surface area contributed by atoms with E-state index < -0.39 is 26.6 Å². The molecule has 4 aromatic rings. The Bertz CT molecular complexity index is 1600. The summed E-state index contributed by atoms with van der Waals surface area (Å²) in [5.74, 6) is 4.19. The first-order chi connectivity index (χ1) is 16.5. The van der Waals surface area contributed by atoms with Crippen LogP contribution in [0.25, 0.3) is 16.9 Å². The van der Waals surface area contributed by atoms with Gasteiger partial charge in [0.05, 0.1) is 12.8 Å². The van der Waals surface area contributed by atoms with Gasteiger partial charge in [-0.1, -0.05) is 5.92 Å². The average Bonchev–Trinajstić information content (AvgIpc) is 3.19. The van der Waals surface area contributed by atoms with Gasteiger partial charge in [0.1, 0.15) is 22.2 Å². The van der Waals surface area contributed by atoms with Crippen LogP contribution in [0.3, 0.4) is 0 Å². The van der Waals surface area contributed by atoms with Gasteiger partial charge >= 0.3 is 0 Å². The predicted molar refractivity (Wildman–Crippen MR) is 124 cm³/mol. The fraction of sp³-hybridized carbons (Fsp3) is 0.217. The number of anilines is 1. The van der Waals surface area contributed by atoms with Crippen LogP contribution in [0.15, 0.2) is 47.5 Å². The van der Waals surface area contributed by atoms with Crippen LogP contribution < -0.4 is 9.46 Å². The number of hydrogen-bond acceptors (Lipinski definition) is 7. The molecule has 12 heteroatoms. The molecule has 1 aromatic carbocycles. The van der Waals surface area contributed by atoms with Crippen molar-refractivity contribution in [3.63, 3.8) is 0 Å². The third kappa shape index (κ3) is 5.20. The van der Waals surface area contributed by atoms with Crippen LogP contribution in [0.1, 0.15) is 26.6 Å². The van der Waals surface area contributed by atoms with E-state index in [0.717, 1.165) is 12.1 Å². The molecule has 35 heavy (non-hydrogen) atoms. The number of pyridine rings is 1. The minimum atomic E-state index is -4.42. The van der Waals surface area contributed by atoms with Gasteiger partial charge in [0.25, 0.3) is 10.0 Å². The zero-order valence-corrected chi connectivity index (χ0v) is 20.0. The van der Waals surface area contributed by atoms with Crippen LogP contribution in [-0.2, 0) is 10.0 Å². The third-order valence-corrected chi connectivity index (χ3v) is 5.98. The Morgan fingerprint density at radius 1 is 1.09 bits per heavy atom. The van der Waals surface area contributed by atoms with Crippen molar-refractivity contribution in [2.24, 2.45) is 5.41 Å². The number of hydrogen-bond donors (Lipinski definition) is 1. The lowest BCUT2D eigenvalue weighted by molar-refractivity contribution is 0.400. The lowest BCUT2D eigenvalue weighted by atomic mass is 9.98. The van der Waals surface area contributed by atoms with Crippen LogP contribution in [0.4, 0.5) is 14.5 Å². The molecule has 4 rings (SSSR count). The van der Waals surface area contributed by atoms with Gasteiger partial charge < -0.3 is 4.74 Å². The molecule has 1 N–H and O–H groups in total. The Morgan fingerprint density at radius 2 is 1.86 bits per heavy atom. The molecule has 180 valence electrons. The van der Waals surface area contributed by atoms with E-state index in [1.54, 1.807) is 12.1 Å². The first-order valence-electron chi connectivity index (χ1n) is 10.2. The molecule has 0 atom stereocenters. The molecule has 0 unspecified atom stereocenters. The molecule has 9 nitrogen and oxygen atoms in total. The average molecular weight is 499 g/mol. The monoisotopic (exact) mass is 498 g/mol. The van der Waals surface area contributed by atoms with E-state index in [1.807, 2.05) is 20.8 Å². The van der Waals surface area contributed by atoms with Crippen LogP contribution >= 0.6 is 0 Å². The molecule has 0 bridgehead atoms. The van der Waals surface area contributed by atoms with Crippen LogP contribution in [-0.4, -0.2) is 40.3 Å². The summed E-state index contributed by atoms with van der Waals surface area (Å²) in [6, 6.07) is 6.94. The van der Waals surface area contributed by atoms with Crippen molar-refractivity contribution in [1.29, 1.82) is 0 Å². The van der Waals surface area contributed by atoms with E-state index in [0.29, 0.717) is 28.8 Å². The second-order valence-electron chi connectivity index (χ2n) is 8.47. The van der Waals surface area contributed by atoms with Crippen molar-refractivity contribution < 1.29 is 21.9 Å². The number of nitrogens with zero attached hydrogens (tertiary/aromatic N) is 5. The van der Waals surface area contributed by atoms with Crippen molar-refractivity contribution in [3.8, 4) is 29.0 Å². The van der Waals surface area contributed by atoms with Gasteiger partial charge in [-0.15, -0.1) is 10.2 Å². The molecular formula is C23H20F2N6O3S. The molecular weight excluding hydrogens is 478 g/mol. The molecule has 0 aliphatic rings. The zero-order valence-electron chi connectivity index (χ0n) is 19.2. The summed E-state index contributed by atoms with van der Waals surface area (Å²) in [5, 5.41) is 12.6. The zero-order chi connectivity index (χ0) is 25.4. The number of ether oxygens (including phenoxy) is 1. The lowest BCUT2D eigenvalue weighted by Crippen LogP contribution is -2.16. The van der Waals surface area contributed by atoms with Gasteiger partial charge in [-0.3, -0.25) is 4.72 Å². The Labute approximate surface area is 200 Å². The highest BCUT2D eigenvalue weighted by atomic mass is 32.2. The van der Waals surface area contributed by atoms with E-state index >= 15 is 0 Å². The second-order valence-corrected chi connectivity index (χ2v) is 10.1. The molecule has 0 saturated carbocycles. The summed E-state index contributed by atoms with van der Waals surface area (Å²) in [6.07, 6.45) is 1.44. The maximum atomic E-state index is 14.1. The Hall–Kier alpha value is -4.11. The fourth-order valence-corrected chi connectivity index (χ4v) is 4.09. The van der Waals surface area contributed by atoms with Crippen molar-refractivity contribution in [1.82, 2.24) is 24.8 Å². The van der Waals surface area contributed by atoms with Crippen LogP contribution in [0.2, 0.25) is 0 Å². The van der Waals surface area contributed by atoms with E-state index in [-0.39, 0.29) is 17.0 Å². The van der Waals surface area contributed by atoms with Gasteiger partial charge in [-0.25, -0.2) is 22.2 Å². The van der Waals surface area contributed by atoms with Gasteiger partial charge in [-0.2, -0.15) is 9.61 Å². The molecule has 0 amide bonds. The highest BCUT2D eigenvalue weighted by Gasteiger charge is 2.22. The van der Waals surface area contributed by atoms with Gasteiger partial charge in [0.2, 0.25) is 11.7 Å². The number of fused-ring (bicyclic) bond motifs is 1. The predicted octanol–water partition coefficient (Wildman–Crippen LogP) is 3.67. The topological polar surface area (TPSA) is 111 Å². The van der Waals surface area contributed by atoms with Gasteiger partial charge in [0, 0.05) is 23.2 Å². The largest absolute Gasteiger partial charge is 0.480 e. The minimum absolute atomic E-state index is 0.0537. The number of aromatic nitrogens is 5. The first-order valence-corrected chi connectivity index (χ1v) is 11.7. The molecule has 3 heterocycles. The molecule has 0 spiro atoms. The number of sulfonamides is 1. The highest BCUT2D eigenvalue weighted by molar-refractivity contribution is 7.92. The normalized spacial score (nSPS) is 11.7. The number of nitrogens with one attached hydrogen (secondary N) is 1. The maximum absolute atomic E-state index is 14.1. The van der Waals surface area contributed by atoms with E-state index in [1.165, 1.54) is 23.9 Å². The SMILES string of the molecule is COc1ncc(-c2ccc3nnc(C#CC(C)(C)C)n3n2)cc1NS(=O)(=O)c1ccc(F)cc1F.